The van der Waals surface area contributed by atoms with Crippen LogP contribution in [-0.4, -0.2) is 24.4 Å². The number of amides is 2. The normalized spacial score (nSPS) is 12.6. The first-order valence-electron chi connectivity index (χ1n) is 7.56. The molecule has 0 spiro atoms. The number of carbonyl (C=O) groups excluding carboxylic acids is 2. The second-order valence-electron chi connectivity index (χ2n) is 6.38. The molecule has 2 N–H and O–H groups in total. The van der Waals surface area contributed by atoms with Crippen molar-refractivity contribution in [2.24, 2.45) is 5.41 Å². The van der Waals surface area contributed by atoms with Gasteiger partial charge in [0, 0.05) is 24.6 Å². The highest BCUT2D eigenvalue weighted by Crippen LogP contribution is 2.23. The molecule has 0 bridgehead atoms. The highest BCUT2D eigenvalue weighted by molar-refractivity contribution is 5.94. The molecule has 0 aromatic heterocycles. The smallest absolute Gasteiger partial charge is 0.251 e. The summed E-state index contributed by atoms with van der Waals surface area (Å²) in [6.45, 7) is 8.28. The Balaban J connectivity index is 2.42. The second kappa shape index (κ2) is 7.92. The van der Waals surface area contributed by atoms with E-state index in [1.165, 1.54) is 18.2 Å². The molecule has 0 saturated heterocycles. The van der Waals surface area contributed by atoms with Crippen LogP contribution in [0.1, 0.15) is 50.9 Å². The lowest BCUT2D eigenvalue weighted by Crippen LogP contribution is -2.42. The van der Waals surface area contributed by atoms with Gasteiger partial charge in [-0.25, -0.2) is 4.39 Å². The van der Waals surface area contributed by atoms with Gasteiger partial charge >= 0.3 is 0 Å². The molecule has 122 valence electrons. The van der Waals surface area contributed by atoms with Gasteiger partial charge < -0.3 is 10.6 Å². The summed E-state index contributed by atoms with van der Waals surface area (Å²) < 4.78 is 13.1. The fraction of sp³-hybridized carbons (Fsp3) is 0.529. The summed E-state index contributed by atoms with van der Waals surface area (Å²) in [6, 6.07) is 5.28. The van der Waals surface area contributed by atoms with Crippen molar-refractivity contribution in [2.45, 2.75) is 46.6 Å². The van der Waals surface area contributed by atoms with Crippen LogP contribution in [0.3, 0.4) is 0 Å². The zero-order chi connectivity index (χ0) is 16.8. The number of rotatable bonds is 7. The number of carbonyl (C=O) groups is 2. The Bertz CT molecular complexity index is 529. The molecule has 0 radical (unpaired) electrons. The third kappa shape index (κ3) is 6.24. The summed E-state index contributed by atoms with van der Waals surface area (Å²) in [4.78, 5) is 23.8. The molecule has 0 saturated carbocycles. The Morgan fingerprint density at radius 1 is 1.32 bits per heavy atom. The summed E-state index contributed by atoms with van der Waals surface area (Å²) >= 11 is 0. The van der Waals surface area contributed by atoms with Crippen LogP contribution in [-0.2, 0) is 4.79 Å². The predicted octanol–water partition coefficient (Wildman–Crippen LogP) is 2.89. The number of hydrogen-bond donors (Lipinski definition) is 2. The molecular weight excluding hydrogens is 283 g/mol. The van der Waals surface area contributed by atoms with Gasteiger partial charge in [0.2, 0.25) is 5.91 Å². The maximum Gasteiger partial charge on any atom is 0.251 e. The largest absolute Gasteiger partial charge is 0.354 e. The van der Waals surface area contributed by atoms with Crippen LogP contribution in [0.2, 0.25) is 0 Å². The number of hydrogen-bond acceptors (Lipinski definition) is 2. The average Bonchev–Trinajstić information content (AvgIpc) is 2.44. The van der Waals surface area contributed by atoms with Gasteiger partial charge in [0.05, 0.1) is 0 Å². The molecule has 0 aliphatic carbocycles. The van der Waals surface area contributed by atoms with E-state index in [0.29, 0.717) is 13.0 Å². The molecule has 0 aliphatic rings. The highest BCUT2D eigenvalue weighted by atomic mass is 19.1. The van der Waals surface area contributed by atoms with Gasteiger partial charge in [-0.05, 0) is 30.5 Å². The molecule has 0 heterocycles. The molecule has 4 nitrogen and oxygen atoms in total. The quantitative estimate of drug-likeness (QED) is 0.813. The van der Waals surface area contributed by atoms with Crippen molar-refractivity contribution in [3.8, 4) is 0 Å². The van der Waals surface area contributed by atoms with Crippen LogP contribution in [0, 0.1) is 11.2 Å². The maximum atomic E-state index is 13.1. The summed E-state index contributed by atoms with van der Waals surface area (Å²) in [5.74, 6) is -0.829. The van der Waals surface area contributed by atoms with E-state index in [9.17, 15) is 14.0 Å². The van der Waals surface area contributed by atoms with E-state index in [2.05, 4.69) is 17.6 Å². The van der Waals surface area contributed by atoms with Crippen molar-refractivity contribution in [3.63, 3.8) is 0 Å². The van der Waals surface area contributed by atoms with Crippen LogP contribution in [0.25, 0.3) is 0 Å². The summed E-state index contributed by atoms with van der Waals surface area (Å²) in [6.07, 6.45) is 1.38. The van der Waals surface area contributed by atoms with Crippen LogP contribution >= 0.6 is 0 Å². The standard InChI is InChI=1S/C17H25FN2O2/c1-5-17(3,4)10-15(21)19-11-12(2)20-16(22)13-7-6-8-14(18)9-13/h6-9,12H,5,10-11H2,1-4H3,(H,19,21)(H,20,22)/t12-/m0/s1. The van der Waals surface area contributed by atoms with Crippen LogP contribution in [0.15, 0.2) is 24.3 Å². The molecule has 0 unspecified atom stereocenters. The Morgan fingerprint density at radius 3 is 2.59 bits per heavy atom. The topological polar surface area (TPSA) is 58.2 Å². The van der Waals surface area contributed by atoms with Gasteiger partial charge in [0.15, 0.2) is 0 Å². The molecule has 22 heavy (non-hydrogen) atoms. The first-order chi connectivity index (χ1) is 10.2. The lowest BCUT2D eigenvalue weighted by molar-refractivity contribution is -0.123. The average molecular weight is 308 g/mol. The fourth-order valence-corrected chi connectivity index (χ4v) is 1.88. The first-order valence-corrected chi connectivity index (χ1v) is 7.56. The van der Waals surface area contributed by atoms with Gasteiger partial charge in [0.25, 0.3) is 5.91 Å². The SMILES string of the molecule is CCC(C)(C)CC(=O)NC[C@H](C)NC(=O)c1cccc(F)c1. The summed E-state index contributed by atoms with van der Waals surface area (Å²) in [7, 11) is 0. The molecule has 1 aromatic carbocycles. The van der Waals surface area contributed by atoms with Gasteiger partial charge in [-0.1, -0.05) is 33.3 Å². The Hall–Kier alpha value is -1.91. The lowest BCUT2D eigenvalue weighted by Gasteiger charge is -2.22. The van der Waals surface area contributed by atoms with Crippen LogP contribution < -0.4 is 10.6 Å². The van der Waals surface area contributed by atoms with Gasteiger partial charge in [-0.2, -0.15) is 0 Å². The van der Waals surface area contributed by atoms with Crippen molar-refractivity contribution in [3.05, 3.63) is 35.6 Å². The van der Waals surface area contributed by atoms with E-state index >= 15 is 0 Å². The van der Waals surface area contributed by atoms with Gasteiger partial charge in [0.1, 0.15) is 5.82 Å². The summed E-state index contributed by atoms with van der Waals surface area (Å²) in [5.41, 5.74) is 0.239. The number of nitrogens with one attached hydrogen (secondary N) is 2. The molecule has 1 rings (SSSR count). The minimum absolute atomic E-state index is 0.0290. The van der Waals surface area contributed by atoms with Crippen LogP contribution in [0.4, 0.5) is 4.39 Å². The zero-order valence-corrected chi connectivity index (χ0v) is 13.7. The lowest BCUT2D eigenvalue weighted by atomic mass is 9.86. The number of halogens is 1. The van der Waals surface area contributed by atoms with Crippen molar-refractivity contribution in [2.75, 3.05) is 6.54 Å². The third-order valence-corrected chi connectivity index (χ3v) is 3.67. The van der Waals surface area contributed by atoms with E-state index < -0.39 is 5.82 Å². The Labute approximate surface area is 131 Å². The third-order valence-electron chi connectivity index (χ3n) is 3.67. The van der Waals surface area contributed by atoms with E-state index in [1.54, 1.807) is 13.0 Å². The highest BCUT2D eigenvalue weighted by Gasteiger charge is 2.20. The zero-order valence-electron chi connectivity index (χ0n) is 13.7. The fourth-order valence-electron chi connectivity index (χ4n) is 1.88. The second-order valence-corrected chi connectivity index (χ2v) is 6.38. The van der Waals surface area contributed by atoms with E-state index in [0.717, 1.165) is 6.42 Å². The Kier molecular flexibility index (Phi) is 6.53. The van der Waals surface area contributed by atoms with Crippen LogP contribution in [0.5, 0.6) is 0 Å². The van der Waals surface area contributed by atoms with E-state index in [1.807, 2.05) is 13.8 Å². The number of benzene rings is 1. The molecule has 5 heteroatoms. The monoisotopic (exact) mass is 308 g/mol. The Morgan fingerprint density at radius 2 is 2.00 bits per heavy atom. The molecule has 2 amide bonds. The minimum Gasteiger partial charge on any atom is -0.354 e. The molecule has 1 atom stereocenters. The molecule has 0 fully saturated rings. The maximum absolute atomic E-state index is 13.1. The van der Waals surface area contributed by atoms with Gasteiger partial charge in [-0.15, -0.1) is 0 Å². The van der Waals surface area contributed by atoms with Crippen molar-refractivity contribution in [1.82, 2.24) is 10.6 Å². The minimum atomic E-state index is -0.449. The summed E-state index contributed by atoms with van der Waals surface area (Å²) in [5, 5.41) is 5.55. The van der Waals surface area contributed by atoms with Gasteiger partial charge in [-0.3, -0.25) is 9.59 Å². The predicted molar refractivity (Wildman–Crippen MR) is 85.0 cm³/mol. The molecule has 1 aromatic rings. The molecule has 0 aliphatic heterocycles. The van der Waals surface area contributed by atoms with Crippen molar-refractivity contribution in [1.29, 1.82) is 0 Å². The van der Waals surface area contributed by atoms with E-state index in [4.69, 9.17) is 0 Å². The van der Waals surface area contributed by atoms with E-state index in [-0.39, 0.29) is 28.8 Å². The molecular formula is C17H25FN2O2. The van der Waals surface area contributed by atoms with Crippen molar-refractivity contribution < 1.29 is 14.0 Å². The van der Waals surface area contributed by atoms with Crippen molar-refractivity contribution >= 4 is 11.8 Å². The first kappa shape index (κ1) is 18.1.